The van der Waals surface area contributed by atoms with Gasteiger partial charge in [-0.1, -0.05) is 15.9 Å². The van der Waals surface area contributed by atoms with E-state index in [1.165, 1.54) is 27.0 Å². The summed E-state index contributed by atoms with van der Waals surface area (Å²) in [7, 11) is 0. The molecule has 17 heavy (non-hydrogen) atoms. The van der Waals surface area contributed by atoms with E-state index in [9.17, 15) is 0 Å². The van der Waals surface area contributed by atoms with Crippen molar-refractivity contribution in [1.29, 1.82) is 0 Å². The maximum absolute atomic E-state index is 5.94. The van der Waals surface area contributed by atoms with Crippen molar-refractivity contribution in [2.24, 2.45) is 5.73 Å². The average Bonchev–Trinajstić information content (AvgIpc) is 2.75. The fourth-order valence-electron chi connectivity index (χ4n) is 2.24. The van der Waals surface area contributed by atoms with E-state index in [1.807, 2.05) is 11.8 Å². The van der Waals surface area contributed by atoms with Crippen molar-refractivity contribution in [2.75, 3.05) is 23.4 Å². The SMILES string of the molecule is Cc1cc(NC2(CN)CCSC2)cc(C)c1Br. The fraction of sp³-hybridized carbons (Fsp3) is 0.538. The maximum atomic E-state index is 5.94. The zero-order chi connectivity index (χ0) is 12.5. The van der Waals surface area contributed by atoms with Gasteiger partial charge in [0.1, 0.15) is 0 Å². The molecule has 1 aromatic carbocycles. The second kappa shape index (κ2) is 5.21. The highest BCUT2D eigenvalue weighted by Gasteiger charge is 2.32. The van der Waals surface area contributed by atoms with Crippen molar-refractivity contribution in [2.45, 2.75) is 25.8 Å². The Labute approximate surface area is 116 Å². The van der Waals surface area contributed by atoms with Gasteiger partial charge in [0.15, 0.2) is 0 Å². The first-order chi connectivity index (χ1) is 8.06. The molecule has 0 amide bonds. The zero-order valence-electron chi connectivity index (χ0n) is 10.3. The Kier molecular flexibility index (Phi) is 4.06. The third-order valence-electron chi connectivity index (χ3n) is 3.34. The molecule has 0 spiro atoms. The Hall–Kier alpha value is -0.190. The largest absolute Gasteiger partial charge is 0.377 e. The Morgan fingerprint density at radius 3 is 2.53 bits per heavy atom. The van der Waals surface area contributed by atoms with Gasteiger partial charge in [-0.15, -0.1) is 0 Å². The van der Waals surface area contributed by atoms with Crippen LogP contribution in [0.5, 0.6) is 0 Å². The van der Waals surface area contributed by atoms with Crippen molar-refractivity contribution in [3.8, 4) is 0 Å². The van der Waals surface area contributed by atoms with Crippen LogP contribution < -0.4 is 11.1 Å². The molecule has 2 rings (SSSR count). The van der Waals surface area contributed by atoms with Crippen LogP contribution in [0.25, 0.3) is 0 Å². The molecule has 1 aliphatic rings. The van der Waals surface area contributed by atoms with E-state index in [2.05, 4.69) is 47.2 Å². The van der Waals surface area contributed by atoms with Crippen LogP contribution in [-0.4, -0.2) is 23.6 Å². The van der Waals surface area contributed by atoms with Gasteiger partial charge in [0.2, 0.25) is 0 Å². The standard InChI is InChI=1S/C13H19BrN2S/c1-9-5-11(6-10(2)12(9)14)16-13(7-15)3-4-17-8-13/h5-6,16H,3-4,7-8,15H2,1-2H3. The molecular weight excluding hydrogens is 296 g/mol. The van der Waals surface area contributed by atoms with Crippen molar-refractivity contribution in [1.82, 2.24) is 0 Å². The molecule has 2 nitrogen and oxygen atoms in total. The number of nitrogens with two attached hydrogens (primary N) is 1. The Morgan fingerprint density at radius 1 is 1.41 bits per heavy atom. The molecular formula is C13H19BrN2S. The number of thioether (sulfide) groups is 1. The second-order valence-corrected chi connectivity index (χ2v) is 6.73. The van der Waals surface area contributed by atoms with E-state index in [0.29, 0.717) is 6.54 Å². The first kappa shape index (κ1) is 13.2. The van der Waals surface area contributed by atoms with Gasteiger partial charge in [0.25, 0.3) is 0 Å². The Morgan fingerprint density at radius 2 is 2.06 bits per heavy atom. The van der Waals surface area contributed by atoms with Crippen molar-refractivity contribution in [3.63, 3.8) is 0 Å². The topological polar surface area (TPSA) is 38.0 Å². The van der Waals surface area contributed by atoms with Crippen molar-refractivity contribution >= 4 is 33.4 Å². The van der Waals surface area contributed by atoms with Gasteiger partial charge in [-0.3, -0.25) is 0 Å². The molecule has 0 aromatic heterocycles. The van der Waals surface area contributed by atoms with Crippen molar-refractivity contribution in [3.05, 3.63) is 27.7 Å². The van der Waals surface area contributed by atoms with Crippen LogP contribution in [0, 0.1) is 13.8 Å². The lowest BCUT2D eigenvalue weighted by molar-refractivity contribution is 0.537. The number of anilines is 1. The first-order valence-corrected chi connectivity index (χ1v) is 7.84. The molecule has 1 heterocycles. The minimum absolute atomic E-state index is 0.0946. The molecule has 0 bridgehead atoms. The van der Waals surface area contributed by atoms with Crippen LogP contribution in [0.3, 0.4) is 0 Å². The van der Waals surface area contributed by atoms with E-state index < -0.39 is 0 Å². The molecule has 1 aromatic rings. The van der Waals surface area contributed by atoms with Gasteiger partial charge in [0, 0.05) is 22.5 Å². The average molecular weight is 315 g/mol. The minimum atomic E-state index is 0.0946. The highest BCUT2D eigenvalue weighted by molar-refractivity contribution is 9.10. The summed E-state index contributed by atoms with van der Waals surface area (Å²) in [6.07, 6.45) is 1.16. The lowest BCUT2D eigenvalue weighted by Crippen LogP contribution is -2.45. The monoisotopic (exact) mass is 314 g/mol. The number of benzene rings is 1. The molecule has 4 heteroatoms. The van der Waals surface area contributed by atoms with E-state index in [-0.39, 0.29) is 5.54 Å². The molecule has 3 N–H and O–H groups in total. The number of hydrogen-bond donors (Lipinski definition) is 2. The molecule has 1 aliphatic heterocycles. The van der Waals surface area contributed by atoms with Crippen LogP contribution in [-0.2, 0) is 0 Å². The summed E-state index contributed by atoms with van der Waals surface area (Å²) < 4.78 is 1.20. The summed E-state index contributed by atoms with van der Waals surface area (Å²) in [5.74, 6) is 2.32. The predicted octanol–water partition coefficient (Wildman–Crippen LogP) is 3.31. The van der Waals surface area contributed by atoms with Gasteiger partial charge in [-0.05, 0) is 49.3 Å². The summed E-state index contributed by atoms with van der Waals surface area (Å²) in [5.41, 5.74) is 9.76. The Bertz CT molecular complexity index is 391. The molecule has 1 atom stereocenters. The smallest absolute Gasteiger partial charge is 0.0593 e. The molecule has 1 fully saturated rings. The number of halogens is 1. The molecule has 0 saturated carbocycles. The first-order valence-electron chi connectivity index (χ1n) is 5.89. The Balaban J connectivity index is 2.23. The van der Waals surface area contributed by atoms with Crippen LogP contribution in [0.2, 0.25) is 0 Å². The van der Waals surface area contributed by atoms with Crippen LogP contribution in [0.1, 0.15) is 17.5 Å². The van der Waals surface area contributed by atoms with Gasteiger partial charge in [-0.2, -0.15) is 11.8 Å². The zero-order valence-corrected chi connectivity index (χ0v) is 12.7. The van der Waals surface area contributed by atoms with Gasteiger partial charge in [0.05, 0.1) is 5.54 Å². The van der Waals surface area contributed by atoms with Gasteiger partial charge >= 0.3 is 0 Å². The molecule has 0 aliphatic carbocycles. The molecule has 1 unspecified atom stereocenters. The second-order valence-electron chi connectivity index (χ2n) is 4.84. The van der Waals surface area contributed by atoms with E-state index in [1.54, 1.807) is 0 Å². The quantitative estimate of drug-likeness (QED) is 0.899. The lowest BCUT2D eigenvalue weighted by Gasteiger charge is -2.29. The summed E-state index contributed by atoms with van der Waals surface area (Å²) in [6, 6.07) is 4.38. The molecule has 94 valence electrons. The van der Waals surface area contributed by atoms with E-state index >= 15 is 0 Å². The van der Waals surface area contributed by atoms with Crippen LogP contribution >= 0.6 is 27.7 Å². The highest BCUT2D eigenvalue weighted by atomic mass is 79.9. The van der Waals surface area contributed by atoms with E-state index in [4.69, 9.17) is 5.73 Å². The number of hydrogen-bond acceptors (Lipinski definition) is 3. The maximum Gasteiger partial charge on any atom is 0.0593 e. The van der Waals surface area contributed by atoms with E-state index in [0.717, 1.165) is 12.2 Å². The predicted molar refractivity (Wildman–Crippen MR) is 81.0 cm³/mol. The number of aryl methyl sites for hydroxylation is 2. The highest BCUT2D eigenvalue weighted by Crippen LogP contribution is 2.32. The van der Waals surface area contributed by atoms with Gasteiger partial charge in [-0.25, -0.2) is 0 Å². The van der Waals surface area contributed by atoms with Gasteiger partial charge < -0.3 is 11.1 Å². The van der Waals surface area contributed by atoms with Crippen LogP contribution in [0.15, 0.2) is 16.6 Å². The third kappa shape index (κ3) is 2.80. The van der Waals surface area contributed by atoms with Crippen molar-refractivity contribution < 1.29 is 0 Å². The minimum Gasteiger partial charge on any atom is -0.377 e. The summed E-state index contributed by atoms with van der Waals surface area (Å²) in [5, 5.41) is 3.65. The summed E-state index contributed by atoms with van der Waals surface area (Å²) in [4.78, 5) is 0. The summed E-state index contributed by atoms with van der Waals surface area (Å²) in [6.45, 7) is 4.95. The normalized spacial score (nSPS) is 24.0. The molecule has 1 saturated heterocycles. The lowest BCUT2D eigenvalue weighted by atomic mass is 9.98. The summed E-state index contributed by atoms with van der Waals surface area (Å²) >= 11 is 5.58. The van der Waals surface area contributed by atoms with Crippen LogP contribution in [0.4, 0.5) is 5.69 Å². The fourth-order valence-corrected chi connectivity index (χ4v) is 3.88. The third-order valence-corrected chi connectivity index (χ3v) is 5.84. The number of nitrogens with one attached hydrogen (secondary N) is 1. The molecule has 0 radical (unpaired) electrons. The number of rotatable bonds is 3.